The van der Waals surface area contributed by atoms with Gasteiger partial charge >= 0.3 is 12.0 Å². The van der Waals surface area contributed by atoms with Gasteiger partial charge in [-0.3, -0.25) is 9.69 Å². The number of nitrogens with zero attached hydrogens (tertiary/aromatic N) is 2. The Labute approximate surface area is 126 Å². The maximum absolute atomic E-state index is 12.1. The van der Waals surface area contributed by atoms with E-state index in [2.05, 4.69) is 10.2 Å². The van der Waals surface area contributed by atoms with Crippen molar-refractivity contribution in [3.05, 3.63) is 0 Å². The monoisotopic (exact) mass is 297 g/mol. The SMILES string of the molecule is CCC(CNC(=O)N1CCC(N2CCCCC2)C1)C(=O)O. The van der Waals surface area contributed by atoms with Crippen molar-refractivity contribution in [1.29, 1.82) is 0 Å². The van der Waals surface area contributed by atoms with Gasteiger partial charge in [0.1, 0.15) is 0 Å². The van der Waals surface area contributed by atoms with E-state index in [1.165, 1.54) is 19.3 Å². The quantitative estimate of drug-likeness (QED) is 0.804. The van der Waals surface area contributed by atoms with Gasteiger partial charge in [0.25, 0.3) is 0 Å². The van der Waals surface area contributed by atoms with Crippen LogP contribution in [0.15, 0.2) is 0 Å². The van der Waals surface area contributed by atoms with Crippen molar-refractivity contribution in [2.45, 2.75) is 45.1 Å². The number of likely N-dealkylation sites (tertiary alicyclic amines) is 2. The van der Waals surface area contributed by atoms with Crippen LogP contribution < -0.4 is 5.32 Å². The third-order valence-corrected chi connectivity index (χ3v) is 4.70. The summed E-state index contributed by atoms with van der Waals surface area (Å²) in [7, 11) is 0. The number of carboxylic acids is 1. The molecule has 0 bridgehead atoms. The first-order chi connectivity index (χ1) is 10.1. The molecule has 0 spiro atoms. The molecule has 21 heavy (non-hydrogen) atoms. The van der Waals surface area contributed by atoms with E-state index < -0.39 is 11.9 Å². The molecule has 2 N–H and O–H groups in total. The Kier molecular flexibility index (Phi) is 5.85. The van der Waals surface area contributed by atoms with Crippen LogP contribution in [-0.4, -0.2) is 65.7 Å². The Morgan fingerprint density at radius 1 is 1.24 bits per heavy atom. The molecule has 0 aromatic rings. The summed E-state index contributed by atoms with van der Waals surface area (Å²) in [5, 5.41) is 11.8. The molecule has 0 saturated carbocycles. The first-order valence-corrected chi connectivity index (χ1v) is 8.11. The summed E-state index contributed by atoms with van der Waals surface area (Å²) in [5.41, 5.74) is 0. The van der Waals surface area contributed by atoms with E-state index >= 15 is 0 Å². The number of carbonyl (C=O) groups is 2. The fourth-order valence-electron chi connectivity index (χ4n) is 3.24. The van der Waals surface area contributed by atoms with E-state index in [1.54, 1.807) is 0 Å². The van der Waals surface area contributed by atoms with Crippen molar-refractivity contribution in [2.75, 3.05) is 32.7 Å². The van der Waals surface area contributed by atoms with E-state index in [9.17, 15) is 9.59 Å². The van der Waals surface area contributed by atoms with Crippen molar-refractivity contribution in [3.8, 4) is 0 Å². The lowest BCUT2D eigenvalue weighted by atomic mass is 10.1. The standard InChI is InChI=1S/C15H27N3O3/c1-2-12(14(19)20)10-16-15(21)18-9-6-13(11-18)17-7-4-3-5-8-17/h12-13H,2-11H2,1H3,(H,16,21)(H,19,20). The van der Waals surface area contributed by atoms with Gasteiger partial charge < -0.3 is 15.3 Å². The second-order valence-electron chi connectivity index (χ2n) is 6.11. The Hall–Kier alpha value is -1.30. The molecule has 2 amide bonds. The molecular formula is C15H27N3O3. The molecule has 6 nitrogen and oxygen atoms in total. The summed E-state index contributed by atoms with van der Waals surface area (Å²) >= 11 is 0. The number of rotatable bonds is 5. The fraction of sp³-hybridized carbons (Fsp3) is 0.867. The molecule has 2 unspecified atom stereocenters. The third kappa shape index (κ3) is 4.33. The fourth-order valence-corrected chi connectivity index (χ4v) is 3.24. The van der Waals surface area contributed by atoms with E-state index in [4.69, 9.17) is 5.11 Å². The highest BCUT2D eigenvalue weighted by Crippen LogP contribution is 2.20. The van der Waals surface area contributed by atoms with Gasteiger partial charge in [-0.2, -0.15) is 0 Å². The van der Waals surface area contributed by atoms with Crippen molar-refractivity contribution in [1.82, 2.24) is 15.1 Å². The van der Waals surface area contributed by atoms with Crippen LogP contribution in [0.4, 0.5) is 4.79 Å². The van der Waals surface area contributed by atoms with Crippen molar-refractivity contribution >= 4 is 12.0 Å². The number of carboxylic acid groups (broad SMARTS) is 1. The van der Waals surface area contributed by atoms with Crippen LogP contribution in [0, 0.1) is 5.92 Å². The average Bonchev–Trinajstić information content (AvgIpc) is 2.98. The Morgan fingerprint density at radius 2 is 1.95 bits per heavy atom. The molecule has 2 rings (SSSR count). The zero-order valence-corrected chi connectivity index (χ0v) is 12.9. The molecule has 2 fully saturated rings. The number of carbonyl (C=O) groups excluding carboxylic acids is 1. The van der Waals surface area contributed by atoms with E-state index in [1.807, 2.05) is 11.8 Å². The average molecular weight is 297 g/mol. The highest BCUT2D eigenvalue weighted by atomic mass is 16.4. The smallest absolute Gasteiger partial charge is 0.317 e. The minimum Gasteiger partial charge on any atom is -0.481 e. The third-order valence-electron chi connectivity index (χ3n) is 4.70. The summed E-state index contributed by atoms with van der Waals surface area (Å²) in [6, 6.07) is 0.367. The predicted molar refractivity (Wildman–Crippen MR) is 80.2 cm³/mol. The number of amides is 2. The number of piperidine rings is 1. The number of urea groups is 1. The molecule has 120 valence electrons. The Balaban J connectivity index is 1.75. The van der Waals surface area contributed by atoms with E-state index in [0.29, 0.717) is 12.5 Å². The molecule has 6 heteroatoms. The van der Waals surface area contributed by atoms with Gasteiger partial charge in [-0.15, -0.1) is 0 Å². The largest absolute Gasteiger partial charge is 0.481 e. The molecule has 0 aliphatic carbocycles. The van der Waals surface area contributed by atoms with Gasteiger partial charge in [-0.25, -0.2) is 4.79 Å². The number of hydrogen-bond acceptors (Lipinski definition) is 3. The molecule has 0 aromatic heterocycles. The number of aliphatic carboxylic acids is 1. The summed E-state index contributed by atoms with van der Waals surface area (Å²) < 4.78 is 0. The van der Waals surface area contributed by atoms with Crippen molar-refractivity contribution in [3.63, 3.8) is 0 Å². The molecule has 2 heterocycles. The normalized spacial score (nSPS) is 24.8. The molecular weight excluding hydrogens is 270 g/mol. The topological polar surface area (TPSA) is 72.9 Å². The van der Waals surface area contributed by atoms with Gasteiger partial charge in [-0.05, 0) is 38.8 Å². The van der Waals surface area contributed by atoms with Crippen LogP contribution in [0.2, 0.25) is 0 Å². The zero-order chi connectivity index (χ0) is 15.2. The highest BCUT2D eigenvalue weighted by Gasteiger charge is 2.31. The molecule has 0 aromatic carbocycles. The first kappa shape index (κ1) is 16.1. The first-order valence-electron chi connectivity index (χ1n) is 8.11. The van der Waals surface area contributed by atoms with Gasteiger partial charge in [0.2, 0.25) is 0 Å². The molecule has 2 saturated heterocycles. The van der Waals surface area contributed by atoms with Crippen LogP contribution >= 0.6 is 0 Å². The lowest BCUT2D eigenvalue weighted by Crippen LogP contribution is -2.45. The van der Waals surface area contributed by atoms with Crippen molar-refractivity contribution < 1.29 is 14.7 Å². The molecule has 0 radical (unpaired) electrons. The van der Waals surface area contributed by atoms with Crippen LogP contribution in [0.3, 0.4) is 0 Å². The summed E-state index contributed by atoms with van der Waals surface area (Å²) in [6.07, 6.45) is 5.41. The molecule has 2 aliphatic rings. The minimum atomic E-state index is -0.842. The molecule has 2 aliphatic heterocycles. The van der Waals surface area contributed by atoms with E-state index in [-0.39, 0.29) is 12.6 Å². The maximum atomic E-state index is 12.1. The van der Waals surface area contributed by atoms with Gasteiger partial charge in [0, 0.05) is 25.7 Å². The second-order valence-corrected chi connectivity index (χ2v) is 6.11. The lowest BCUT2D eigenvalue weighted by molar-refractivity contribution is -0.141. The van der Waals surface area contributed by atoms with Gasteiger partial charge in [-0.1, -0.05) is 13.3 Å². The lowest BCUT2D eigenvalue weighted by Gasteiger charge is -2.32. The summed E-state index contributed by atoms with van der Waals surface area (Å²) in [5.74, 6) is -1.33. The second kappa shape index (κ2) is 7.64. The van der Waals surface area contributed by atoms with Crippen LogP contribution in [0.25, 0.3) is 0 Å². The molecule has 2 atom stereocenters. The summed E-state index contributed by atoms with van der Waals surface area (Å²) in [6.45, 7) is 5.89. The van der Waals surface area contributed by atoms with Crippen molar-refractivity contribution in [2.24, 2.45) is 5.92 Å². The van der Waals surface area contributed by atoms with Gasteiger partial charge in [0.15, 0.2) is 0 Å². The number of hydrogen-bond donors (Lipinski definition) is 2. The maximum Gasteiger partial charge on any atom is 0.317 e. The summed E-state index contributed by atoms with van der Waals surface area (Å²) in [4.78, 5) is 27.4. The Morgan fingerprint density at radius 3 is 2.57 bits per heavy atom. The van der Waals surface area contributed by atoms with Crippen LogP contribution in [0.5, 0.6) is 0 Å². The predicted octanol–water partition coefficient (Wildman–Crippen LogP) is 1.37. The Bertz CT molecular complexity index is 369. The van der Waals surface area contributed by atoms with Gasteiger partial charge in [0.05, 0.1) is 5.92 Å². The number of nitrogens with one attached hydrogen (secondary N) is 1. The minimum absolute atomic E-state index is 0.116. The van der Waals surface area contributed by atoms with Crippen LogP contribution in [0.1, 0.15) is 39.0 Å². The van der Waals surface area contributed by atoms with E-state index in [0.717, 1.165) is 32.6 Å². The van der Waals surface area contributed by atoms with Crippen LogP contribution in [-0.2, 0) is 4.79 Å². The zero-order valence-electron chi connectivity index (χ0n) is 12.9. The highest BCUT2D eigenvalue weighted by molar-refractivity contribution is 5.76.